The molecule has 0 aliphatic rings. The Bertz CT molecular complexity index is 180. The minimum atomic E-state index is -0.0896. The average Bonchev–Trinajstić information content (AvgIpc) is 2.34. The molecule has 0 aliphatic carbocycles. The van der Waals surface area contributed by atoms with Gasteiger partial charge in [-0.3, -0.25) is 4.79 Å². The third-order valence-corrected chi connectivity index (χ3v) is 2.82. The van der Waals surface area contributed by atoms with Gasteiger partial charge in [0, 0.05) is 13.0 Å². The van der Waals surface area contributed by atoms with E-state index in [4.69, 9.17) is 9.47 Å². The molecular formula is C14H28O3. The lowest BCUT2D eigenvalue weighted by Crippen LogP contribution is -2.13. The number of esters is 1. The SMILES string of the molecule is CCCCCCC(=O)OCCOCC(C)CC. The van der Waals surface area contributed by atoms with E-state index in [1.165, 1.54) is 12.8 Å². The van der Waals surface area contributed by atoms with Gasteiger partial charge < -0.3 is 9.47 Å². The molecule has 1 unspecified atom stereocenters. The second kappa shape index (κ2) is 11.9. The van der Waals surface area contributed by atoms with Crippen LogP contribution in [0, 0.1) is 5.92 Å². The molecule has 0 aromatic rings. The summed E-state index contributed by atoms with van der Waals surface area (Å²) in [4.78, 5) is 11.3. The Hall–Kier alpha value is -0.570. The number of unbranched alkanes of at least 4 members (excludes halogenated alkanes) is 3. The lowest BCUT2D eigenvalue weighted by atomic mass is 10.1. The van der Waals surface area contributed by atoms with Crippen molar-refractivity contribution in [2.75, 3.05) is 19.8 Å². The molecule has 1 atom stereocenters. The van der Waals surface area contributed by atoms with E-state index in [0.717, 1.165) is 25.9 Å². The maximum Gasteiger partial charge on any atom is 0.305 e. The molecule has 0 heterocycles. The Kier molecular flexibility index (Phi) is 11.5. The number of hydrogen-bond acceptors (Lipinski definition) is 3. The number of rotatable bonds is 11. The molecule has 0 aromatic carbocycles. The smallest absolute Gasteiger partial charge is 0.305 e. The topological polar surface area (TPSA) is 35.5 Å². The minimum absolute atomic E-state index is 0.0896. The van der Waals surface area contributed by atoms with Crippen LogP contribution in [-0.4, -0.2) is 25.8 Å². The Morgan fingerprint density at radius 2 is 1.88 bits per heavy atom. The van der Waals surface area contributed by atoms with E-state index in [-0.39, 0.29) is 5.97 Å². The maximum atomic E-state index is 11.3. The Morgan fingerprint density at radius 1 is 1.12 bits per heavy atom. The highest BCUT2D eigenvalue weighted by atomic mass is 16.6. The number of carbonyl (C=O) groups excluding carboxylic acids is 1. The van der Waals surface area contributed by atoms with Gasteiger partial charge in [-0.25, -0.2) is 0 Å². The quantitative estimate of drug-likeness (QED) is 0.412. The van der Waals surface area contributed by atoms with Crippen LogP contribution in [0.5, 0.6) is 0 Å². The predicted octanol–water partition coefficient (Wildman–Crippen LogP) is 3.56. The second-order valence-corrected chi connectivity index (χ2v) is 4.62. The van der Waals surface area contributed by atoms with Gasteiger partial charge in [0.05, 0.1) is 6.61 Å². The summed E-state index contributed by atoms with van der Waals surface area (Å²) < 4.78 is 10.5. The van der Waals surface area contributed by atoms with E-state index in [2.05, 4.69) is 20.8 Å². The van der Waals surface area contributed by atoms with Gasteiger partial charge in [-0.15, -0.1) is 0 Å². The fourth-order valence-electron chi connectivity index (χ4n) is 1.39. The van der Waals surface area contributed by atoms with Crippen molar-refractivity contribution in [3.8, 4) is 0 Å². The van der Waals surface area contributed by atoms with Crippen molar-refractivity contribution in [3.63, 3.8) is 0 Å². The number of ether oxygens (including phenoxy) is 2. The van der Waals surface area contributed by atoms with E-state index < -0.39 is 0 Å². The summed E-state index contributed by atoms with van der Waals surface area (Å²) in [5.41, 5.74) is 0. The Morgan fingerprint density at radius 3 is 2.53 bits per heavy atom. The molecule has 0 saturated heterocycles. The number of hydrogen-bond donors (Lipinski definition) is 0. The van der Waals surface area contributed by atoms with Crippen LogP contribution < -0.4 is 0 Å². The Balaban J connectivity index is 3.22. The third-order valence-electron chi connectivity index (χ3n) is 2.82. The van der Waals surface area contributed by atoms with Crippen LogP contribution in [0.2, 0.25) is 0 Å². The van der Waals surface area contributed by atoms with E-state index >= 15 is 0 Å². The summed E-state index contributed by atoms with van der Waals surface area (Å²) in [5.74, 6) is 0.494. The van der Waals surface area contributed by atoms with Gasteiger partial charge in [0.25, 0.3) is 0 Å². The first-order valence-corrected chi connectivity index (χ1v) is 6.94. The van der Waals surface area contributed by atoms with Crippen molar-refractivity contribution in [1.82, 2.24) is 0 Å². The molecule has 0 rings (SSSR count). The molecule has 0 aromatic heterocycles. The molecule has 0 spiro atoms. The summed E-state index contributed by atoms with van der Waals surface area (Å²) in [7, 11) is 0. The number of carbonyl (C=O) groups is 1. The normalized spacial score (nSPS) is 12.4. The summed E-state index contributed by atoms with van der Waals surface area (Å²) in [5, 5.41) is 0. The van der Waals surface area contributed by atoms with Crippen LogP contribution in [0.25, 0.3) is 0 Å². The van der Waals surface area contributed by atoms with E-state index in [9.17, 15) is 4.79 Å². The van der Waals surface area contributed by atoms with Crippen LogP contribution in [0.15, 0.2) is 0 Å². The second-order valence-electron chi connectivity index (χ2n) is 4.62. The van der Waals surface area contributed by atoms with Crippen molar-refractivity contribution in [2.45, 2.75) is 59.3 Å². The molecule has 0 N–H and O–H groups in total. The monoisotopic (exact) mass is 244 g/mol. The van der Waals surface area contributed by atoms with Crippen LogP contribution >= 0.6 is 0 Å². The van der Waals surface area contributed by atoms with Crippen molar-refractivity contribution < 1.29 is 14.3 Å². The van der Waals surface area contributed by atoms with Gasteiger partial charge in [0.1, 0.15) is 6.61 Å². The molecule has 0 bridgehead atoms. The summed E-state index contributed by atoms with van der Waals surface area (Å²) in [6.45, 7) is 8.12. The first-order chi connectivity index (χ1) is 8.20. The average molecular weight is 244 g/mol. The van der Waals surface area contributed by atoms with Gasteiger partial charge in [-0.05, 0) is 12.3 Å². The summed E-state index contributed by atoms with van der Waals surface area (Å²) in [6, 6.07) is 0. The van der Waals surface area contributed by atoms with Gasteiger partial charge in [0.15, 0.2) is 0 Å². The van der Waals surface area contributed by atoms with E-state index in [1.54, 1.807) is 0 Å². The van der Waals surface area contributed by atoms with Gasteiger partial charge >= 0.3 is 5.97 Å². The fourth-order valence-corrected chi connectivity index (χ4v) is 1.39. The molecule has 0 fully saturated rings. The van der Waals surface area contributed by atoms with E-state index in [0.29, 0.717) is 25.6 Å². The molecule has 102 valence electrons. The fraction of sp³-hybridized carbons (Fsp3) is 0.929. The first kappa shape index (κ1) is 16.4. The molecule has 0 saturated carbocycles. The zero-order chi connectivity index (χ0) is 12.9. The molecule has 0 amide bonds. The van der Waals surface area contributed by atoms with Gasteiger partial charge in [-0.1, -0.05) is 46.5 Å². The van der Waals surface area contributed by atoms with Crippen molar-refractivity contribution in [3.05, 3.63) is 0 Å². The highest BCUT2D eigenvalue weighted by molar-refractivity contribution is 5.69. The van der Waals surface area contributed by atoms with Crippen molar-refractivity contribution in [1.29, 1.82) is 0 Å². The molecule has 0 aliphatic heterocycles. The summed E-state index contributed by atoms with van der Waals surface area (Å²) in [6.07, 6.45) is 6.13. The van der Waals surface area contributed by atoms with Crippen LogP contribution in [0.4, 0.5) is 0 Å². The summed E-state index contributed by atoms with van der Waals surface area (Å²) >= 11 is 0. The largest absolute Gasteiger partial charge is 0.463 e. The van der Waals surface area contributed by atoms with Crippen molar-refractivity contribution >= 4 is 5.97 Å². The standard InChI is InChI=1S/C14H28O3/c1-4-6-7-8-9-14(15)17-11-10-16-12-13(3)5-2/h13H,4-12H2,1-3H3. The highest BCUT2D eigenvalue weighted by Crippen LogP contribution is 2.03. The highest BCUT2D eigenvalue weighted by Gasteiger charge is 2.03. The molecule has 0 radical (unpaired) electrons. The zero-order valence-electron chi connectivity index (χ0n) is 11.7. The maximum absolute atomic E-state index is 11.3. The Labute approximate surface area is 106 Å². The van der Waals surface area contributed by atoms with Gasteiger partial charge in [0.2, 0.25) is 0 Å². The minimum Gasteiger partial charge on any atom is -0.463 e. The first-order valence-electron chi connectivity index (χ1n) is 6.94. The van der Waals surface area contributed by atoms with E-state index in [1.807, 2.05) is 0 Å². The zero-order valence-corrected chi connectivity index (χ0v) is 11.7. The third kappa shape index (κ3) is 11.7. The molecular weight excluding hydrogens is 216 g/mol. The molecule has 3 nitrogen and oxygen atoms in total. The lowest BCUT2D eigenvalue weighted by Gasteiger charge is -2.09. The van der Waals surface area contributed by atoms with Gasteiger partial charge in [-0.2, -0.15) is 0 Å². The lowest BCUT2D eigenvalue weighted by molar-refractivity contribution is -0.145. The van der Waals surface area contributed by atoms with Crippen molar-refractivity contribution in [2.24, 2.45) is 5.92 Å². The van der Waals surface area contributed by atoms with Crippen LogP contribution in [0.3, 0.4) is 0 Å². The molecule has 17 heavy (non-hydrogen) atoms. The molecule has 3 heteroatoms. The predicted molar refractivity (Wildman–Crippen MR) is 70.0 cm³/mol. The van der Waals surface area contributed by atoms with Crippen LogP contribution in [-0.2, 0) is 14.3 Å². The van der Waals surface area contributed by atoms with Crippen LogP contribution in [0.1, 0.15) is 59.3 Å².